The molecule has 0 radical (unpaired) electrons. The molecular weight excluding hydrogens is 248 g/mol. The van der Waals surface area contributed by atoms with Gasteiger partial charge in [-0.2, -0.15) is 0 Å². The molecule has 1 aliphatic rings. The van der Waals surface area contributed by atoms with Crippen molar-refractivity contribution in [3.05, 3.63) is 23.8 Å². The molecule has 1 aromatic carbocycles. The molecule has 1 saturated heterocycles. The molecule has 1 aliphatic heterocycles. The molecule has 1 unspecified atom stereocenters. The van der Waals surface area contributed by atoms with Gasteiger partial charge in [0.25, 0.3) is 0 Å². The standard InChI is InChI=1S/C14H18O5/c1-16-11-7-6-10(14(15)17-2)9-12(11)19-13-5-3-4-8-18-13/h6-7,9,13H,3-5,8H2,1-2H3. The van der Waals surface area contributed by atoms with Gasteiger partial charge in [-0.25, -0.2) is 4.79 Å². The van der Waals surface area contributed by atoms with E-state index in [-0.39, 0.29) is 6.29 Å². The second kappa shape index (κ2) is 6.43. The summed E-state index contributed by atoms with van der Waals surface area (Å²) in [5, 5.41) is 0. The molecule has 0 aliphatic carbocycles. The first kappa shape index (κ1) is 13.7. The molecule has 0 N–H and O–H groups in total. The molecule has 5 heteroatoms. The molecular formula is C14H18O5. The van der Waals surface area contributed by atoms with E-state index in [1.807, 2.05) is 0 Å². The molecule has 1 heterocycles. The zero-order valence-electron chi connectivity index (χ0n) is 11.2. The largest absolute Gasteiger partial charge is 0.493 e. The van der Waals surface area contributed by atoms with E-state index in [0.29, 0.717) is 23.7 Å². The zero-order chi connectivity index (χ0) is 13.7. The summed E-state index contributed by atoms with van der Waals surface area (Å²) in [7, 11) is 2.90. The van der Waals surface area contributed by atoms with Crippen LogP contribution in [0.5, 0.6) is 11.5 Å². The third-order valence-corrected chi connectivity index (χ3v) is 2.98. The number of methoxy groups -OCH3 is 2. The number of hydrogen-bond donors (Lipinski definition) is 0. The Balaban J connectivity index is 2.17. The molecule has 0 spiro atoms. The van der Waals surface area contributed by atoms with E-state index in [0.717, 1.165) is 19.3 Å². The van der Waals surface area contributed by atoms with E-state index in [9.17, 15) is 4.79 Å². The molecule has 1 fully saturated rings. The molecule has 0 aromatic heterocycles. The fraction of sp³-hybridized carbons (Fsp3) is 0.500. The van der Waals surface area contributed by atoms with Crippen molar-refractivity contribution in [3.8, 4) is 11.5 Å². The lowest BCUT2D eigenvalue weighted by Crippen LogP contribution is -2.25. The number of carbonyl (C=O) groups is 1. The van der Waals surface area contributed by atoms with E-state index >= 15 is 0 Å². The Kier molecular flexibility index (Phi) is 4.63. The first-order valence-electron chi connectivity index (χ1n) is 6.29. The first-order valence-corrected chi connectivity index (χ1v) is 6.29. The monoisotopic (exact) mass is 266 g/mol. The summed E-state index contributed by atoms with van der Waals surface area (Å²) in [4.78, 5) is 11.5. The van der Waals surface area contributed by atoms with Gasteiger partial charge in [-0.1, -0.05) is 0 Å². The molecule has 104 valence electrons. The van der Waals surface area contributed by atoms with Gasteiger partial charge in [-0.15, -0.1) is 0 Å². The van der Waals surface area contributed by atoms with Crippen molar-refractivity contribution >= 4 is 5.97 Å². The van der Waals surface area contributed by atoms with Crippen LogP contribution in [0.25, 0.3) is 0 Å². The SMILES string of the molecule is COC(=O)c1ccc(OC)c(OC2CCCCO2)c1. The lowest BCUT2D eigenvalue weighted by molar-refractivity contribution is -0.106. The van der Waals surface area contributed by atoms with E-state index in [2.05, 4.69) is 4.74 Å². The van der Waals surface area contributed by atoms with Gasteiger partial charge in [-0.05, 0) is 31.0 Å². The van der Waals surface area contributed by atoms with Crippen molar-refractivity contribution in [1.82, 2.24) is 0 Å². The van der Waals surface area contributed by atoms with Crippen LogP contribution in [-0.4, -0.2) is 33.1 Å². The van der Waals surface area contributed by atoms with Crippen molar-refractivity contribution in [1.29, 1.82) is 0 Å². The van der Waals surface area contributed by atoms with Gasteiger partial charge in [0.1, 0.15) is 0 Å². The van der Waals surface area contributed by atoms with Crippen molar-refractivity contribution in [3.63, 3.8) is 0 Å². The van der Waals surface area contributed by atoms with Crippen molar-refractivity contribution < 1.29 is 23.7 Å². The highest BCUT2D eigenvalue weighted by molar-refractivity contribution is 5.90. The number of rotatable bonds is 4. The first-order chi connectivity index (χ1) is 9.24. The summed E-state index contributed by atoms with van der Waals surface area (Å²) >= 11 is 0. The number of ether oxygens (including phenoxy) is 4. The van der Waals surface area contributed by atoms with Gasteiger partial charge in [0.2, 0.25) is 0 Å². The average Bonchev–Trinajstić information content (AvgIpc) is 2.47. The van der Waals surface area contributed by atoms with Gasteiger partial charge in [0, 0.05) is 6.42 Å². The number of benzene rings is 1. The topological polar surface area (TPSA) is 54.0 Å². The Morgan fingerprint density at radius 1 is 1.26 bits per heavy atom. The highest BCUT2D eigenvalue weighted by atomic mass is 16.7. The molecule has 0 amide bonds. The smallest absolute Gasteiger partial charge is 0.337 e. The maximum atomic E-state index is 11.5. The Morgan fingerprint density at radius 3 is 2.74 bits per heavy atom. The summed E-state index contributed by atoms with van der Waals surface area (Å²) in [5.41, 5.74) is 0.425. The van der Waals surface area contributed by atoms with Crippen molar-refractivity contribution in [2.24, 2.45) is 0 Å². The Hall–Kier alpha value is -1.75. The number of hydrogen-bond acceptors (Lipinski definition) is 5. The van der Waals surface area contributed by atoms with Crippen LogP contribution in [-0.2, 0) is 9.47 Å². The zero-order valence-corrected chi connectivity index (χ0v) is 11.2. The van der Waals surface area contributed by atoms with Crippen LogP contribution in [0, 0.1) is 0 Å². The minimum absolute atomic E-state index is 0.282. The minimum Gasteiger partial charge on any atom is -0.493 e. The third kappa shape index (κ3) is 3.38. The van der Waals surface area contributed by atoms with Crippen LogP contribution >= 0.6 is 0 Å². The Bertz CT molecular complexity index is 437. The number of carbonyl (C=O) groups excluding carboxylic acids is 1. The van der Waals surface area contributed by atoms with Crippen molar-refractivity contribution in [2.75, 3.05) is 20.8 Å². The van der Waals surface area contributed by atoms with Gasteiger partial charge in [0.05, 0.1) is 26.4 Å². The maximum absolute atomic E-state index is 11.5. The molecule has 0 bridgehead atoms. The van der Waals surface area contributed by atoms with Gasteiger partial charge in [0.15, 0.2) is 17.8 Å². The summed E-state index contributed by atoms with van der Waals surface area (Å²) in [6.07, 6.45) is 2.68. The highest BCUT2D eigenvalue weighted by Crippen LogP contribution is 2.30. The lowest BCUT2D eigenvalue weighted by Gasteiger charge is -2.24. The maximum Gasteiger partial charge on any atom is 0.337 e. The third-order valence-electron chi connectivity index (χ3n) is 2.98. The lowest BCUT2D eigenvalue weighted by atomic mass is 10.2. The van der Waals surface area contributed by atoms with Crippen LogP contribution in [0.2, 0.25) is 0 Å². The van der Waals surface area contributed by atoms with Crippen molar-refractivity contribution in [2.45, 2.75) is 25.6 Å². The summed E-state index contributed by atoms with van der Waals surface area (Å²) < 4.78 is 21.2. The second-order valence-corrected chi connectivity index (χ2v) is 4.27. The minimum atomic E-state index is -0.405. The Morgan fingerprint density at radius 2 is 2.11 bits per heavy atom. The van der Waals surface area contributed by atoms with Crippen LogP contribution in [0.4, 0.5) is 0 Å². The van der Waals surface area contributed by atoms with Crippen LogP contribution in [0.3, 0.4) is 0 Å². The van der Waals surface area contributed by atoms with Crippen LogP contribution in [0.1, 0.15) is 29.6 Å². The summed E-state index contributed by atoms with van der Waals surface area (Å²) in [6, 6.07) is 4.94. The average molecular weight is 266 g/mol. The van der Waals surface area contributed by atoms with E-state index < -0.39 is 5.97 Å². The fourth-order valence-electron chi connectivity index (χ4n) is 1.96. The van der Waals surface area contributed by atoms with Gasteiger partial charge < -0.3 is 18.9 Å². The van der Waals surface area contributed by atoms with Gasteiger partial charge in [-0.3, -0.25) is 0 Å². The molecule has 1 aromatic rings. The molecule has 1 atom stereocenters. The second-order valence-electron chi connectivity index (χ2n) is 4.27. The molecule has 5 nitrogen and oxygen atoms in total. The quantitative estimate of drug-likeness (QED) is 0.783. The molecule has 2 rings (SSSR count). The van der Waals surface area contributed by atoms with E-state index in [1.54, 1.807) is 25.3 Å². The summed E-state index contributed by atoms with van der Waals surface area (Å²) in [6.45, 7) is 0.698. The summed E-state index contributed by atoms with van der Waals surface area (Å²) in [5.74, 6) is 0.663. The number of esters is 1. The van der Waals surface area contributed by atoms with Gasteiger partial charge >= 0.3 is 5.97 Å². The van der Waals surface area contributed by atoms with E-state index in [4.69, 9.17) is 14.2 Å². The highest BCUT2D eigenvalue weighted by Gasteiger charge is 2.18. The van der Waals surface area contributed by atoms with E-state index in [1.165, 1.54) is 7.11 Å². The van der Waals surface area contributed by atoms with Crippen LogP contribution in [0.15, 0.2) is 18.2 Å². The predicted molar refractivity (Wildman–Crippen MR) is 68.6 cm³/mol. The molecule has 19 heavy (non-hydrogen) atoms. The molecule has 0 saturated carbocycles. The van der Waals surface area contributed by atoms with Crippen LogP contribution < -0.4 is 9.47 Å². The fourth-order valence-corrected chi connectivity index (χ4v) is 1.96. The Labute approximate surface area is 112 Å². The predicted octanol–water partition coefficient (Wildman–Crippen LogP) is 2.39. The normalized spacial score (nSPS) is 18.7.